The molecule has 0 aromatic carbocycles. The Bertz CT molecular complexity index is 1210. The SMILES string of the molecule is C/C=C\C/C=C/CCCCC.CCCCC/C=C/C/C=C/CCCCCCCCCCCCC.CCCCCC1OC1CC1OC1C.CCCCCCCCCCCCCC1OC1CC1OC1CCCCC. The third kappa shape index (κ3) is 47.3. The minimum atomic E-state index is 0.500. The van der Waals surface area contributed by atoms with Gasteiger partial charge in [0.1, 0.15) is 0 Å². The van der Waals surface area contributed by atoms with E-state index in [2.05, 4.69) is 104 Å². The van der Waals surface area contributed by atoms with Crippen LogP contribution in [0, 0.1) is 0 Å². The number of ether oxygens (including phenoxy) is 4. The monoisotopic (exact) mass is 1010 g/mol. The minimum Gasteiger partial charge on any atom is -0.370 e. The first kappa shape index (κ1) is 68.8. The molecule has 0 aromatic heterocycles. The number of hydrogen-bond acceptors (Lipinski definition) is 4. The Hall–Kier alpha value is -1.20. The molecule has 0 aliphatic carbocycles. The van der Waals surface area contributed by atoms with Crippen molar-refractivity contribution in [3.05, 3.63) is 48.6 Å². The number of unbranched alkanes of at least 4 members (excludes halogenated alkanes) is 31. The van der Waals surface area contributed by atoms with E-state index in [-0.39, 0.29) is 0 Å². The predicted molar refractivity (Wildman–Crippen MR) is 320 cm³/mol. The second kappa shape index (κ2) is 53.2. The zero-order valence-corrected chi connectivity index (χ0v) is 50.0. The smallest absolute Gasteiger partial charge is 0.0867 e. The van der Waals surface area contributed by atoms with Gasteiger partial charge >= 0.3 is 0 Å². The van der Waals surface area contributed by atoms with Crippen LogP contribution in [0.3, 0.4) is 0 Å². The molecule has 424 valence electrons. The van der Waals surface area contributed by atoms with Gasteiger partial charge in [0.2, 0.25) is 0 Å². The number of epoxide rings is 4. The van der Waals surface area contributed by atoms with E-state index in [4.69, 9.17) is 18.9 Å². The van der Waals surface area contributed by atoms with Crippen molar-refractivity contribution in [3.63, 3.8) is 0 Å². The molecule has 4 aliphatic rings. The molecule has 4 saturated heterocycles. The second-order valence-corrected chi connectivity index (χ2v) is 22.6. The maximum atomic E-state index is 5.85. The first-order valence-electron chi connectivity index (χ1n) is 32.7. The Balaban J connectivity index is 0.000000505. The highest BCUT2D eigenvalue weighted by atomic mass is 16.6. The molecule has 4 fully saturated rings. The topological polar surface area (TPSA) is 50.1 Å². The van der Waals surface area contributed by atoms with Crippen molar-refractivity contribution in [1.82, 2.24) is 0 Å². The standard InChI is InChI=1S/C23H44O2.C23H44.C11H20O2.C11H20/c1-3-5-7-8-9-10-11-12-13-14-16-18-21-23(25-21)19-22-20(24-22)17-15-6-4-2;1-3-5-7-9-11-13-15-17-19-21-23-22-20-18-16-14-12-10-8-6-4-2;1-3-4-5-6-9-11(13-9)7-10-8(2)12-10;1-3-5-7-9-11-10-8-6-4-2/h20-23H,3-19H2,1-2H3;11,13,17,19H,3-10,12,14-16,18,20-23H2,1-2H3;8-11H,3-7H2,1-2H3;3,5,9,11H,4,6-8,10H2,1-2H3/b;13-11+,19-17+;;5-3-,11-9+. The summed E-state index contributed by atoms with van der Waals surface area (Å²) in [6.07, 6.45) is 82.3. The van der Waals surface area contributed by atoms with Gasteiger partial charge in [-0.3, -0.25) is 0 Å². The predicted octanol–water partition coefficient (Wildman–Crippen LogP) is 22.6. The van der Waals surface area contributed by atoms with Crippen molar-refractivity contribution in [2.45, 2.75) is 387 Å². The van der Waals surface area contributed by atoms with Gasteiger partial charge in [-0.1, -0.05) is 289 Å². The fourth-order valence-electron chi connectivity index (χ4n) is 9.94. The second-order valence-electron chi connectivity index (χ2n) is 22.6. The molecule has 0 bridgehead atoms. The van der Waals surface area contributed by atoms with Gasteiger partial charge < -0.3 is 18.9 Å². The highest BCUT2D eigenvalue weighted by Crippen LogP contribution is 2.39. The first-order valence-corrected chi connectivity index (χ1v) is 32.7. The van der Waals surface area contributed by atoms with E-state index in [1.807, 2.05) is 0 Å². The normalized spacial score (nSPS) is 22.8. The summed E-state index contributed by atoms with van der Waals surface area (Å²) in [7, 11) is 0. The molecule has 8 unspecified atom stereocenters. The quantitative estimate of drug-likeness (QED) is 0.0346. The summed E-state index contributed by atoms with van der Waals surface area (Å²) in [6, 6.07) is 0. The van der Waals surface area contributed by atoms with Crippen LogP contribution in [0.1, 0.15) is 338 Å². The molecule has 4 heteroatoms. The van der Waals surface area contributed by atoms with Crippen molar-refractivity contribution in [3.8, 4) is 0 Å². The van der Waals surface area contributed by atoms with Crippen LogP contribution in [0.15, 0.2) is 48.6 Å². The lowest BCUT2D eigenvalue weighted by Gasteiger charge is -2.02. The van der Waals surface area contributed by atoms with Crippen LogP contribution in [0.4, 0.5) is 0 Å². The van der Waals surface area contributed by atoms with E-state index in [9.17, 15) is 0 Å². The molecule has 4 aliphatic heterocycles. The molecule has 72 heavy (non-hydrogen) atoms. The number of allylic oxidation sites excluding steroid dienone is 8. The van der Waals surface area contributed by atoms with Gasteiger partial charge in [-0.15, -0.1) is 0 Å². The molecule has 4 nitrogen and oxygen atoms in total. The molecule has 0 radical (unpaired) electrons. The van der Waals surface area contributed by atoms with E-state index >= 15 is 0 Å². The van der Waals surface area contributed by atoms with Gasteiger partial charge in [0, 0.05) is 12.8 Å². The Morgan fingerprint density at radius 3 is 0.847 bits per heavy atom. The summed E-state index contributed by atoms with van der Waals surface area (Å²) < 4.78 is 22.6. The van der Waals surface area contributed by atoms with Gasteiger partial charge in [-0.05, 0) is 84.5 Å². The summed E-state index contributed by atoms with van der Waals surface area (Å²) in [5.74, 6) is 0. The maximum absolute atomic E-state index is 5.85. The van der Waals surface area contributed by atoms with Gasteiger partial charge in [-0.25, -0.2) is 0 Å². The van der Waals surface area contributed by atoms with Crippen molar-refractivity contribution in [1.29, 1.82) is 0 Å². The maximum Gasteiger partial charge on any atom is 0.0867 e. The van der Waals surface area contributed by atoms with Crippen molar-refractivity contribution >= 4 is 0 Å². The molecule has 0 saturated carbocycles. The van der Waals surface area contributed by atoms with Crippen LogP contribution < -0.4 is 0 Å². The van der Waals surface area contributed by atoms with E-state index in [0.29, 0.717) is 48.8 Å². The Kier molecular flexibility index (Phi) is 50.9. The zero-order valence-electron chi connectivity index (χ0n) is 50.0. The van der Waals surface area contributed by atoms with E-state index in [0.717, 1.165) is 19.3 Å². The van der Waals surface area contributed by atoms with Crippen molar-refractivity contribution in [2.24, 2.45) is 0 Å². The third-order valence-electron chi connectivity index (χ3n) is 15.3. The highest BCUT2D eigenvalue weighted by molar-refractivity contribution is 4.96. The van der Waals surface area contributed by atoms with Gasteiger partial charge in [0.15, 0.2) is 0 Å². The van der Waals surface area contributed by atoms with Gasteiger partial charge in [-0.2, -0.15) is 0 Å². The van der Waals surface area contributed by atoms with Crippen LogP contribution in [-0.4, -0.2) is 48.8 Å². The van der Waals surface area contributed by atoms with Crippen LogP contribution in [0.2, 0.25) is 0 Å². The summed E-state index contributed by atoms with van der Waals surface area (Å²) in [6.45, 7) is 17.8. The van der Waals surface area contributed by atoms with Crippen LogP contribution >= 0.6 is 0 Å². The van der Waals surface area contributed by atoms with Gasteiger partial charge in [0.25, 0.3) is 0 Å². The largest absolute Gasteiger partial charge is 0.370 e. The lowest BCUT2D eigenvalue weighted by Crippen LogP contribution is -2.02. The van der Waals surface area contributed by atoms with Crippen molar-refractivity contribution in [2.75, 3.05) is 0 Å². The number of rotatable bonds is 48. The summed E-state index contributed by atoms with van der Waals surface area (Å²) in [5, 5.41) is 0. The molecule has 0 spiro atoms. The highest BCUT2D eigenvalue weighted by Gasteiger charge is 2.47. The Morgan fingerprint density at radius 1 is 0.264 bits per heavy atom. The zero-order chi connectivity index (χ0) is 52.2. The van der Waals surface area contributed by atoms with Crippen LogP contribution in [0.5, 0.6) is 0 Å². The third-order valence-corrected chi connectivity index (χ3v) is 15.3. The van der Waals surface area contributed by atoms with Crippen molar-refractivity contribution < 1.29 is 18.9 Å². The molecule has 4 rings (SSSR count). The number of hydrogen-bond donors (Lipinski definition) is 0. The van der Waals surface area contributed by atoms with Gasteiger partial charge in [0.05, 0.1) is 48.8 Å². The summed E-state index contributed by atoms with van der Waals surface area (Å²) in [4.78, 5) is 0. The fourth-order valence-corrected chi connectivity index (χ4v) is 9.94. The van der Waals surface area contributed by atoms with E-state index < -0.39 is 0 Å². The summed E-state index contributed by atoms with van der Waals surface area (Å²) in [5.41, 5.74) is 0. The molecule has 0 aromatic rings. The average Bonchev–Trinajstić information content (AvgIpc) is 4.26. The average molecular weight is 1010 g/mol. The fraction of sp³-hybridized carbons (Fsp3) is 0.882. The molecule has 8 atom stereocenters. The first-order chi connectivity index (χ1) is 35.5. The lowest BCUT2D eigenvalue weighted by molar-refractivity contribution is 0.318. The molecule has 0 amide bonds. The molecular weight excluding hydrogens is 881 g/mol. The Morgan fingerprint density at radius 2 is 0.514 bits per heavy atom. The molecule has 4 heterocycles. The van der Waals surface area contributed by atoms with E-state index in [1.165, 1.54) is 263 Å². The lowest BCUT2D eigenvalue weighted by atomic mass is 10.0. The molecule has 0 N–H and O–H groups in total. The Labute approximate surface area is 452 Å². The van der Waals surface area contributed by atoms with Crippen LogP contribution in [-0.2, 0) is 18.9 Å². The van der Waals surface area contributed by atoms with E-state index in [1.54, 1.807) is 0 Å². The molecular formula is C68H128O4. The minimum absolute atomic E-state index is 0.500. The summed E-state index contributed by atoms with van der Waals surface area (Å²) >= 11 is 0. The van der Waals surface area contributed by atoms with Crippen LogP contribution in [0.25, 0.3) is 0 Å².